The first-order valence-electron chi connectivity index (χ1n) is 8.01. The fourth-order valence-corrected chi connectivity index (χ4v) is 2.11. The van der Waals surface area contributed by atoms with Gasteiger partial charge in [0.15, 0.2) is 0 Å². The van der Waals surface area contributed by atoms with Gasteiger partial charge >= 0.3 is 5.97 Å². The van der Waals surface area contributed by atoms with Crippen molar-refractivity contribution in [2.24, 2.45) is 0 Å². The molecule has 0 radical (unpaired) electrons. The topological polar surface area (TPSA) is 67.8 Å². The van der Waals surface area contributed by atoms with Crippen LogP contribution in [0.25, 0.3) is 0 Å². The van der Waals surface area contributed by atoms with Crippen LogP contribution < -0.4 is 14.8 Å². The third kappa shape index (κ3) is 5.83. The van der Waals surface area contributed by atoms with Crippen LogP contribution in [-0.4, -0.2) is 30.3 Å². The molecule has 0 saturated carbocycles. The number of anilines is 1. The Hall–Kier alpha value is -2.69. The molecule has 0 aliphatic rings. The summed E-state index contributed by atoms with van der Waals surface area (Å²) in [5.74, 6) is 0.606. The highest BCUT2D eigenvalue weighted by atomic mass is 16.5. The van der Waals surface area contributed by atoms with Gasteiger partial charge in [0.1, 0.15) is 11.5 Å². The van der Waals surface area contributed by atoms with E-state index in [2.05, 4.69) is 5.32 Å². The first kappa shape index (κ1) is 17.7. The minimum absolute atomic E-state index is 0.172. The standard InChI is InChI=1S/C19H23NO4/c1-14(2)24-18-10-6-16(7-11-18)20-12-3-13-23-17-8-4-15(5-9-17)19(21)22/h4-11,14,20H,3,12-13H2,1-2H3,(H,21,22). The lowest BCUT2D eigenvalue weighted by Gasteiger charge is -2.11. The van der Waals surface area contributed by atoms with Gasteiger partial charge < -0.3 is 19.9 Å². The van der Waals surface area contributed by atoms with Gasteiger partial charge in [-0.15, -0.1) is 0 Å². The average molecular weight is 329 g/mol. The first-order valence-corrected chi connectivity index (χ1v) is 8.01. The van der Waals surface area contributed by atoms with Crippen LogP contribution in [0.3, 0.4) is 0 Å². The van der Waals surface area contributed by atoms with E-state index >= 15 is 0 Å². The number of nitrogens with one attached hydrogen (secondary N) is 1. The van der Waals surface area contributed by atoms with Gasteiger partial charge in [0.2, 0.25) is 0 Å². The molecule has 0 bridgehead atoms. The van der Waals surface area contributed by atoms with Gasteiger partial charge in [0, 0.05) is 12.2 Å². The van der Waals surface area contributed by atoms with Crippen molar-refractivity contribution in [2.45, 2.75) is 26.4 Å². The Bertz CT molecular complexity index is 635. The predicted molar refractivity (Wildman–Crippen MR) is 94.2 cm³/mol. The largest absolute Gasteiger partial charge is 0.494 e. The Balaban J connectivity index is 1.66. The summed E-state index contributed by atoms with van der Waals surface area (Å²) in [6.07, 6.45) is 1.01. The summed E-state index contributed by atoms with van der Waals surface area (Å²) in [6, 6.07) is 14.3. The molecule has 5 nitrogen and oxygen atoms in total. The molecule has 0 heterocycles. The molecule has 128 valence electrons. The quantitative estimate of drug-likeness (QED) is 0.679. The zero-order chi connectivity index (χ0) is 17.4. The molecule has 5 heteroatoms. The number of carboxylic acid groups (broad SMARTS) is 1. The number of rotatable bonds is 9. The van der Waals surface area contributed by atoms with Crippen LogP contribution >= 0.6 is 0 Å². The molecule has 2 rings (SSSR count). The van der Waals surface area contributed by atoms with Gasteiger partial charge in [-0.2, -0.15) is 0 Å². The highest BCUT2D eigenvalue weighted by molar-refractivity contribution is 5.87. The Morgan fingerprint density at radius 2 is 1.67 bits per heavy atom. The second-order valence-electron chi connectivity index (χ2n) is 5.65. The molecule has 0 aliphatic heterocycles. The Kier molecular flexibility index (Phi) is 6.49. The van der Waals surface area contributed by atoms with Gasteiger partial charge in [-0.05, 0) is 68.8 Å². The zero-order valence-electron chi connectivity index (χ0n) is 14.0. The van der Waals surface area contributed by atoms with E-state index in [9.17, 15) is 4.79 Å². The predicted octanol–water partition coefficient (Wildman–Crippen LogP) is 4.05. The number of hydrogen-bond acceptors (Lipinski definition) is 4. The van der Waals surface area contributed by atoms with Crippen molar-refractivity contribution in [3.05, 3.63) is 54.1 Å². The Morgan fingerprint density at radius 3 is 2.25 bits per heavy atom. The highest BCUT2D eigenvalue weighted by Gasteiger charge is 2.02. The van der Waals surface area contributed by atoms with Crippen molar-refractivity contribution < 1.29 is 19.4 Å². The summed E-state index contributed by atoms with van der Waals surface area (Å²) in [5, 5.41) is 12.2. The van der Waals surface area contributed by atoms with Crippen LogP contribution in [0, 0.1) is 0 Å². The Labute approximate surface area is 142 Å². The van der Waals surface area contributed by atoms with Crippen LogP contribution in [-0.2, 0) is 0 Å². The number of benzene rings is 2. The maximum atomic E-state index is 10.8. The molecule has 0 aromatic heterocycles. The van der Waals surface area contributed by atoms with Gasteiger partial charge in [0.05, 0.1) is 18.3 Å². The van der Waals surface area contributed by atoms with Gasteiger partial charge in [0.25, 0.3) is 0 Å². The summed E-state index contributed by atoms with van der Waals surface area (Å²) in [7, 11) is 0. The van der Waals surface area contributed by atoms with Gasteiger partial charge in [-0.3, -0.25) is 0 Å². The van der Waals surface area contributed by atoms with E-state index in [4.69, 9.17) is 14.6 Å². The summed E-state index contributed by atoms with van der Waals surface area (Å²) < 4.78 is 11.2. The number of carbonyl (C=O) groups is 1. The number of carboxylic acids is 1. The molecule has 2 N–H and O–H groups in total. The van der Waals surface area contributed by atoms with Crippen molar-refractivity contribution in [2.75, 3.05) is 18.5 Å². The number of hydrogen-bond donors (Lipinski definition) is 2. The van der Waals surface area contributed by atoms with Crippen LogP contribution in [0.15, 0.2) is 48.5 Å². The van der Waals surface area contributed by atoms with Crippen molar-refractivity contribution >= 4 is 11.7 Å². The van der Waals surface area contributed by atoms with Crippen molar-refractivity contribution in [1.82, 2.24) is 0 Å². The van der Waals surface area contributed by atoms with Crippen molar-refractivity contribution in [1.29, 1.82) is 0 Å². The molecular formula is C19H23NO4. The molecule has 0 aliphatic carbocycles. The third-order valence-electron chi connectivity index (χ3n) is 3.25. The van der Waals surface area contributed by atoms with Crippen LogP contribution in [0.2, 0.25) is 0 Å². The third-order valence-corrected chi connectivity index (χ3v) is 3.25. The van der Waals surface area contributed by atoms with E-state index < -0.39 is 5.97 Å². The normalized spacial score (nSPS) is 10.5. The maximum Gasteiger partial charge on any atom is 0.335 e. The minimum Gasteiger partial charge on any atom is -0.494 e. The SMILES string of the molecule is CC(C)Oc1ccc(NCCCOc2ccc(C(=O)O)cc2)cc1. The smallest absolute Gasteiger partial charge is 0.335 e. The van der Waals surface area contributed by atoms with Gasteiger partial charge in [-0.1, -0.05) is 0 Å². The molecule has 2 aromatic carbocycles. The summed E-state index contributed by atoms with van der Waals surface area (Å²) in [5.41, 5.74) is 1.30. The summed E-state index contributed by atoms with van der Waals surface area (Å²) in [6.45, 7) is 5.36. The van der Waals surface area contributed by atoms with E-state index in [0.717, 1.165) is 24.4 Å². The number of ether oxygens (including phenoxy) is 2. The zero-order valence-corrected chi connectivity index (χ0v) is 14.0. The molecule has 0 saturated heterocycles. The van der Waals surface area contributed by atoms with E-state index in [0.29, 0.717) is 12.4 Å². The lowest BCUT2D eigenvalue weighted by molar-refractivity contribution is 0.0697. The molecule has 24 heavy (non-hydrogen) atoms. The molecule has 0 amide bonds. The van der Waals surface area contributed by atoms with E-state index in [1.807, 2.05) is 38.1 Å². The second kappa shape index (κ2) is 8.82. The molecule has 2 aromatic rings. The Morgan fingerprint density at radius 1 is 1.04 bits per heavy atom. The lowest BCUT2D eigenvalue weighted by atomic mass is 10.2. The van der Waals surface area contributed by atoms with Crippen molar-refractivity contribution in [3.8, 4) is 11.5 Å². The lowest BCUT2D eigenvalue weighted by Crippen LogP contribution is -2.08. The van der Waals surface area contributed by atoms with Gasteiger partial charge in [-0.25, -0.2) is 4.79 Å². The van der Waals surface area contributed by atoms with Crippen LogP contribution in [0.5, 0.6) is 11.5 Å². The monoisotopic (exact) mass is 329 g/mol. The van der Waals surface area contributed by atoms with E-state index in [1.165, 1.54) is 12.1 Å². The van der Waals surface area contributed by atoms with Crippen LogP contribution in [0.1, 0.15) is 30.6 Å². The highest BCUT2D eigenvalue weighted by Crippen LogP contribution is 2.17. The van der Waals surface area contributed by atoms with Crippen LogP contribution in [0.4, 0.5) is 5.69 Å². The number of aromatic carboxylic acids is 1. The molecular weight excluding hydrogens is 306 g/mol. The first-order chi connectivity index (χ1) is 11.5. The molecule has 0 atom stereocenters. The fraction of sp³-hybridized carbons (Fsp3) is 0.316. The molecule has 0 fully saturated rings. The average Bonchev–Trinajstić information content (AvgIpc) is 2.56. The minimum atomic E-state index is -0.935. The second-order valence-corrected chi connectivity index (χ2v) is 5.65. The van der Waals surface area contributed by atoms with E-state index in [-0.39, 0.29) is 11.7 Å². The summed E-state index contributed by atoms with van der Waals surface area (Å²) in [4.78, 5) is 10.8. The molecule has 0 spiro atoms. The van der Waals surface area contributed by atoms with Crippen molar-refractivity contribution in [3.63, 3.8) is 0 Å². The maximum absolute atomic E-state index is 10.8. The van der Waals surface area contributed by atoms with E-state index in [1.54, 1.807) is 12.1 Å². The fourth-order valence-electron chi connectivity index (χ4n) is 2.11. The summed E-state index contributed by atoms with van der Waals surface area (Å²) >= 11 is 0. The molecule has 0 unspecified atom stereocenters.